The van der Waals surface area contributed by atoms with Crippen LogP contribution < -0.4 is 5.32 Å². The van der Waals surface area contributed by atoms with Gasteiger partial charge in [0.25, 0.3) is 0 Å². The van der Waals surface area contributed by atoms with Crippen molar-refractivity contribution in [3.8, 4) is 0 Å². The monoisotopic (exact) mass is 292 g/mol. The number of fused-ring (bicyclic) bond motifs is 1. The third kappa shape index (κ3) is 3.06. The van der Waals surface area contributed by atoms with E-state index in [9.17, 15) is 0 Å². The van der Waals surface area contributed by atoms with Gasteiger partial charge in [-0.1, -0.05) is 23.8 Å². The topological polar surface area (TPSA) is 24.9 Å². The lowest BCUT2D eigenvalue weighted by molar-refractivity contribution is 0.473. The standard InChI is InChI=1S/C15H20N2S2/c1-10-6-7-13-14(8-10)19-15(17-13)16-11-4-3-5-12(9-11)18-2/h6-8,11-12H,3-5,9H2,1-2H3,(H,16,17). The summed E-state index contributed by atoms with van der Waals surface area (Å²) >= 11 is 3.79. The van der Waals surface area contributed by atoms with Gasteiger partial charge in [-0.15, -0.1) is 0 Å². The van der Waals surface area contributed by atoms with Crippen LogP contribution in [-0.2, 0) is 0 Å². The van der Waals surface area contributed by atoms with Gasteiger partial charge < -0.3 is 5.32 Å². The molecule has 1 aromatic carbocycles. The fraction of sp³-hybridized carbons (Fsp3) is 0.533. The molecule has 0 spiro atoms. The zero-order valence-electron chi connectivity index (χ0n) is 11.5. The molecule has 102 valence electrons. The Labute approximate surface area is 123 Å². The summed E-state index contributed by atoms with van der Waals surface area (Å²) in [5.41, 5.74) is 2.43. The van der Waals surface area contributed by atoms with Gasteiger partial charge in [0.2, 0.25) is 0 Å². The molecule has 3 rings (SSSR count). The van der Waals surface area contributed by atoms with E-state index < -0.39 is 0 Å². The van der Waals surface area contributed by atoms with Crippen molar-refractivity contribution in [2.45, 2.75) is 43.9 Å². The number of aryl methyl sites for hydroxylation is 1. The average molecular weight is 292 g/mol. The predicted octanol–water partition coefficient (Wildman–Crippen LogP) is 4.69. The third-order valence-corrected chi connectivity index (χ3v) is 5.88. The van der Waals surface area contributed by atoms with E-state index in [0.717, 1.165) is 15.9 Å². The van der Waals surface area contributed by atoms with Crippen LogP contribution in [0, 0.1) is 6.92 Å². The minimum Gasteiger partial charge on any atom is -0.359 e. The van der Waals surface area contributed by atoms with Crippen LogP contribution in [0.2, 0.25) is 0 Å². The molecule has 1 saturated carbocycles. The van der Waals surface area contributed by atoms with Crippen molar-refractivity contribution >= 4 is 38.4 Å². The lowest BCUT2D eigenvalue weighted by Crippen LogP contribution is -2.28. The normalized spacial score (nSPS) is 23.7. The Bertz CT molecular complexity index is 564. The number of anilines is 1. The van der Waals surface area contributed by atoms with Gasteiger partial charge in [0.15, 0.2) is 5.13 Å². The minimum absolute atomic E-state index is 0.604. The molecule has 4 heteroatoms. The van der Waals surface area contributed by atoms with Gasteiger partial charge in [-0.05, 0) is 50.1 Å². The summed E-state index contributed by atoms with van der Waals surface area (Å²) in [4.78, 5) is 4.70. The Morgan fingerprint density at radius 2 is 2.26 bits per heavy atom. The number of nitrogens with one attached hydrogen (secondary N) is 1. The molecule has 1 fully saturated rings. The molecular weight excluding hydrogens is 272 g/mol. The highest BCUT2D eigenvalue weighted by atomic mass is 32.2. The zero-order valence-corrected chi connectivity index (χ0v) is 13.1. The fourth-order valence-corrected chi connectivity index (χ4v) is 4.63. The van der Waals surface area contributed by atoms with Crippen LogP contribution in [0.5, 0.6) is 0 Å². The SMILES string of the molecule is CSC1CCCC(Nc2nc3ccc(C)cc3s2)C1. The summed E-state index contributed by atoms with van der Waals surface area (Å²) in [6, 6.07) is 7.09. The van der Waals surface area contributed by atoms with E-state index >= 15 is 0 Å². The predicted molar refractivity (Wildman–Crippen MR) is 87.5 cm³/mol. The summed E-state index contributed by atoms with van der Waals surface area (Å²) in [5.74, 6) is 0. The Balaban J connectivity index is 1.74. The first-order valence-corrected chi connectivity index (χ1v) is 9.01. The molecule has 0 aliphatic heterocycles. The van der Waals surface area contributed by atoms with Crippen molar-refractivity contribution in [2.24, 2.45) is 0 Å². The van der Waals surface area contributed by atoms with Crippen LogP contribution in [-0.4, -0.2) is 22.5 Å². The molecule has 1 aromatic heterocycles. The molecule has 1 N–H and O–H groups in total. The number of thiazole rings is 1. The van der Waals surface area contributed by atoms with Gasteiger partial charge in [-0.25, -0.2) is 4.98 Å². The number of rotatable bonds is 3. The van der Waals surface area contributed by atoms with Crippen molar-refractivity contribution < 1.29 is 0 Å². The number of aromatic nitrogens is 1. The van der Waals surface area contributed by atoms with E-state index in [-0.39, 0.29) is 0 Å². The van der Waals surface area contributed by atoms with E-state index in [1.807, 2.05) is 11.8 Å². The lowest BCUT2D eigenvalue weighted by Gasteiger charge is -2.28. The van der Waals surface area contributed by atoms with Gasteiger partial charge in [-0.2, -0.15) is 11.8 Å². The molecule has 1 aliphatic rings. The number of hydrogen-bond acceptors (Lipinski definition) is 4. The second kappa shape index (κ2) is 5.71. The molecule has 19 heavy (non-hydrogen) atoms. The highest BCUT2D eigenvalue weighted by Crippen LogP contribution is 2.32. The summed E-state index contributed by atoms with van der Waals surface area (Å²) in [6.45, 7) is 2.14. The highest BCUT2D eigenvalue weighted by molar-refractivity contribution is 7.99. The molecule has 0 saturated heterocycles. The number of thioether (sulfide) groups is 1. The number of hydrogen-bond donors (Lipinski definition) is 1. The Kier molecular flexibility index (Phi) is 3.99. The van der Waals surface area contributed by atoms with Crippen LogP contribution in [0.4, 0.5) is 5.13 Å². The highest BCUT2D eigenvalue weighted by Gasteiger charge is 2.21. The van der Waals surface area contributed by atoms with Crippen molar-refractivity contribution in [1.82, 2.24) is 4.98 Å². The van der Waals surface area contributed by atoms with Crippen LogP contribution in [0.15, 0.2) is 18.2 Å². The van der Waals surface area contributed by atoms with Crippen molar-refractivity contribution in [3.05, 3.63) is 23.8 Å². The fourth-order valence-electron chi connectivity index (χ4n) is 2.76. The van der Waals surface area contributed by atoms with E-state index in [4.69, 9.17) is 4.98 Å². The van der Waals surface area contributed by atoms with E-state index in [0.29, 0.717) is 6.04 Å². The second-order valence-corrected chi connectivity index (χ2v) is 7.52. The largest absolute Gasteiger partial charge is 0.359 e. The molecule has 2 atom stereocenters. The average Bonchev–Trinajstić information content (AvgIpc) is 2.80. The van der Waals surface area contributed by atoms with Gasteiger partial charge in [-0.3, -0.25) is 0 Å². The molecule has 1 aliphatic carbocycles. The van der Waals surface area contributed by atoms with Crippen LogP contribution in [0.25, 0.3) is 10.2 Å². The Morgan fingerprint density at radius 1 is 1.37 bits per heavy atom. The van der Waals surface area contributed by atoms with Gasteiger partial charge >= 0.3 is 0 Å². The van der Waals surface area contributed by atoms with Gasteiger partial charge in [0.05, 0.1) is 10.2 Å². The Morgan fingerprint density at radius 3 is 3.11 bits per heavy atom. The van der Waals surface area contributed by atoms with Crippen LogP contribution in [0.3, 0.4) is 0 Å². The molecule has 0 amide bonds. The summed E-state index contributed by atoms with van der Waals surface area (Å²) in [6.07, 6.45) is 7.50. The van der Waals surface area contributed by atoms with Crippen molar-refractivity contribution in [2.75, 3.05) is 11.6 Å². The molecule has 2 aromatic rings. The van der Waals surface area contributed by atoms with E-state index in [1.54, 1.807) is 11.3 Å². The van der Waals surface area contributed by atoms with E-state index in [2.05, 4.69) is 36.7 Å². The maximum Gasteiger partial charge on any atom is 0.184 e. The first-order valence-electron chi connectivity index (χ1n) is 6.91. The van der Waals surface area contributed by atoms with Crippen LogP contribution in [0.1, 0.15) is 31.2 Å². The maximum absolute atomic E-state index is 4.70. The zero-order chi connectivity index (χ0) is 13.2. The van der Waals surface area contributed by atoms with Gasteiger partial charge in [0.1, 0.15) is 0 Å². The van der Waals surface area contributed by atoms with Crippen LogP contribution >= 0.6 is 23.1 Å². The molecular formula is C15H20N2S2. The summed E-state index contributed by atoms with van der Waals surface area (Å²) in [5, 5.41) is 5.56. The lowest BCUT2D eigenvalue weighted by atomic mass is 9.95. The molecule has 2 nitrogen and oxygen atoms in total. The molecule has 0 radical (unpaired) electrons. The van der Waals surface area contributed by atoms with Crippen molar-refractivity contribution in [1.29, 1.82) is 0 Å². The van der Waals surface area contributed by atoms with Crippen molar-refractivity contribution in [3.63, 3.8) is 0 Å². The second-order valence-electron chi connectivity index (χ2n) is 5.36. The van der Waals surface area contributed by atoms with Gasteiger partial charge in [0, 0.05) is 11.3 Å². The first-order chi connectivity index (χ1) is 9.24. The first kappa shape index (κ1) is 13.3. The number of nitrogens with zero attached hydrogens (tertiary/aromatic N) is 1. The van der Waals surface area contributed by atoms with E-state index in [1.165, 1.54) is 35.9 Å². The smallest absolute Gasteiger partial charge is 0.184 e. The summed E-state index contributed by atoms with van der Waals surface area (Å²) < 4.78 is 1.29. The number of benzene rings is 1. The molecule has 1 heterocycles. The molecule has 2 unspecified atom stereocenters. The Hall–Kier alpha value is -0.740. The maximum atomic E-state index is 4.70. The summed E-state index contributed by atoms with van der Waals surface area (Å²) in [7, 11) is 0. The molecule has 0 bridgehead atoms. The quantitative estimate of drug-likeness (QED) is 0.888. The third-order valence-electron chi connectivity index (χ3n) is 3.83. The minimum atomic E-state index is 0.604.